The van der Waals surface area contributed by atoms with Crippen LogP contribution in [0.25, 0.3) is 10.9 Å². The van der Waals surface area contributed by atoms with Crippen LogP contribution >= 0.6 is 0 Å². The summed E-state index contributed by atoms with van der Waals surface area (Å²) in [4.78, 5) is 16.9. The third-order valence-electron chi connectivity index (χ3n) is 3.85. The first-order valence-electron chi connectivity index (χ1n) is 7.38. The van der Waals surface area contributed by atoms with Gasteiger partial charge in [0.2, 0.25) is 6.79 Å². The number of carbonyl (C=O) groups is 1. The molecular weight excluding hydrogens is 311 g/mol. The molecule has 0 spiro atoms. The van der Waals surface area contributed by atoms with Crippen LogP contribution in [-0.4, -0.2) is 17.7 Å². The summed E-state index contributed by atoms with van der Waals surface area (Å²) < 4.78 is 23.8. The zero-order chi connectivity index (χ0) is 16.7. The Hall–Kier alpha value is -3.15. The van der Waals surface area contributed by atoms with Crippen LogP contribution in [0.1, 0.15) is 16.1 Å². The molecule has 0 atom stereocenters. The lowest BCUT2D eigenvalue weighted by atomic mass is 10.1. The number of ether oxygens (including phenoxy) is 2. The number of aromatic nitrogens is 1. The lowest BCUT2D eigenvalue weighted by Crippen LogP contribution is -2.14. The van der Waals surface area contributed by atoms with Crippen molar-refractivity contribution in [3.63, 3.8) is 0 Å². The highest BCUT2D eigenvalue weighted by Gasteiger charge is 2.16. The number of halogens is 1. The van der Waals surface area contributed by atoms with Crippen LogP contribution in [-0.2, 0) is 0 Å². The first-order chi connectivity index (χ1) is 11.6. The molecule has 1 aromatic heterocycles. The first kappa shape index (κ1) is 14.4. The normalized spacial score (nSPS) is 12.4. The maximum atomic E-state index is 13.3. The van der Waals surface area contributed by atoms with E-state index >= 15 is 0 Å². The van der Waals surface area contributed by atoms with E-state index in [1.807, 2.05) is 0 Å². The van der Waals surface area contributed by atoms with Crippen LogP contribution in [0.3, 0.4) is 0 Å². The van der Waals surface area contributed by atoms with Crippen LogP contribution in [0.15, 0.2) is 42.5 Å². The molecule has 0 radical (unpaired) electrons. The summed E-state index contributed by atoms with van der Waals surface area (Å²) in [5.74, 6) is 0.604. The number of nitrogens with one attached hydrogen (secondary N) is 1. The Balaban J connectivity index is 1.65. The van der Waals surface area contributed by atoms with E-state index in [0.717, 1.165) is 0 Å². The molecule has 1 aliphatic rings. The second-order valence-corrected chi connectivity index (χ2v) is 5.48. The Morgan fingerprint density at radius 3 is 2.83 bits per heavy atom. The summed E-state index contributed by atoms with van der Waals surface area (Å²) in [6.45, 7) is 1.90. The van der Waals surface area contributed by atoms with E-state index in [2.05, 4.69) is 10.3 Å². The molecule has 0 fully saturated rings. The molecule has 3 aromatic rings. The Bertz CT molecular complexity index is 972. The molecule has 2 aromatic carbocycles. The maximum absolute atomic E-state index is 13.3. The maximum Gasteiger partial charge on any atom is 0.257 e. The predicted octanol–water partition coefficient (Wildman–Crippen LogP) is 3.66. The number of hydrogen-bond acceptors (Lipinski definition) is 4. The smallest absolute Gasteiger partial charge is 0.257 e. The molecule has 0 saturated heterocycles. The van der Waals surface area contributed by atoms with Crippen molar-refractivity contribution in [2.75, 3.05) is 12.1 Å². The first-order valence-corrected chi connectivity index (χ1v) is 7.38. The molecule has 120 valence electrons. The largest absolute Gasteiger partial charge is 0.454 e. The molecule has 1 amide bonds. The van der Waals surface area contributed by atoms with Gasteiger partial charge < -0.3 is 14.8 Å². The van der Waals surface area contributed by atoms with Gasteiger partial charge in [-0.15, -0.1) is 0 Å². The molecule has 5 nitrogen and oxygen atoms in total. The Kier molecular flexibility index (Phi) is 3.30. The quantitative estimate of drug-likeness (QED) is 0.781. The van der Waals surface area contributed by atoms with Crippen molar-refractivity contribution in [2.24, 2.45) is 0 Å². The number of aryl methyl sites for hydroxylation is 1. The molecule has 0 bridgehead atoms. The van der Waals surface area contributed by atoms with Crippen LogP contribution < -0.4 is 14.8 Å². The van der Waals surface area contributed by atoms with Crippen molar-refractivity contribution < 1.29 is 18.7 Å². The number of nitrogens with zero attached hydrogens (tertiary/aromatic N) is 1. The number of rotatable bonds is 2. The zero-order valence-corrected chi connectivity index (χ0v) is 12.8. The second-order valence-electron chi connectivity index (χ2n) is 5.48. The van der Waals surface area contributed by atoms with Crippen LogP contribution in [0.5, 0.6) is 11.5 Å². The van der Waals surface area contributed by atoms with E-state index in [1.54, 1.807) is 37.3 Å². The molecule has 2 heterocycles. The van der Waals surface area contributed by atoms with Gasteiger partial charge in [0.05, 0.1) is 16.8 Å². The zero-order valence-electron chi connectivity index (χ0n) is 12.8. The van der Waals surface area contributed by atoms with Crippen LogP contribution in [0.4, 0.5) is 10.1 Å². The average molecular weight is 324 g/mol. The number of carbonyl (C=O) groups excluding carboxylic acids is 1. The lowest BCUT2D eigenvalue weighted by molar-refractivity contribution is 0.102. The highest BCUT2D eigenvalue weighted by atomic mass is 19.1. The summed E-state index contributed by atoms with van der Waals surface area (Å²) in [7, 11) is 0. The fourth-order valence-corrected chi connectivity index (χ4v) is 2.64. The highest BCUT2D eigenvalue weighted by molar-refractivity contribution is 6.06. The monoisotopic (exact) mass is 324 g/mol. The minimum atomic E-state index is -0.355. The van der Waals surface area contributed by atoms with Gasteiger partial charge >= 0.3 is 0 Å². The van der Waals surface area contributed by atoms with Crippen molar-refractivity contribution in [3.8, 4) is 11.5 Å². The van der Waals surface area contributed by atoms with Gasteiger partial charge in [-0.1, -0.05) is 0 Å². The number of benzene rings is 2. The third-order valence-corrected chi connectivity index (χ3v) is 3.85. The summed E-state index contributed by atoms with van der Waals surface area (Å²) in [6, 6.07) is 11.2. The van der Waals surface area contributed by atoms with Gasteiger partial charge in [-0.25, -0.2) is 4.39 Å². The van der Waals surface area contributed by atoms with E-state index in [-0.39, 0.29) is 18.5 Å². The fourth-order valence-electron chi connectivity index (χ4n) is 2.64. The van der Waals surface area contributed by atoms with E-state index in [1.165, 1.54) is 12.1 Å². The van der Waals surface area contributed by atoms with Gasteiger partial charge in [0.15, 0.2) is 11.5 Å². The van der Waals surface area contributed by atoms with E-state index in [0.29, 0.717) is 39.3 Å². The van der Waals surface area contributed by atoms with E-state index in [9.17, 15) is 9.18 Å². The number of fused-ring (bicyclic) bond motifs is 2. The molecule has 4 rings (SSSR count). The van der Waals surface area contributed by atoms with Gasteiger partial charge in [0.1, 0.15) is 5.82 Å². The van der Waals surface area contributed by atoms with Gasteiger partial charge in [0, 0.05) is 23.2 Å². The predicted molar refractivity (Wildman–Crippen MR) is 87.0 cm³/mol. The van der Waals surface area contributed by atoms with Gasteiger partial charge in [-0.2, -0.15) is 0 Å². The summed E-state index contributed by atoms with van der Waals surface area (Å²) in [5.41, 5.74) is 2.09. The Morgan fingerprint density at radius 1 is 1.12 bits per heavy atom. The molecule has 1 N–H and O–H groups in total. The molecule has 6 heteroatoms. The van der Waals surface area contributed by atoms with Gasteiger partial charge in [-0.3, -0.25) is 9.78 Å². The lowest BCUT2D eigenvalue weighted by Gasteiger charge is -2.09. The number of hydrogen-bond donors (Lipinski definition) is 1. The van der Waals surface area contributed by atoms with Crippen molar-refractivity contribution in [1.29, 1.82) is 0 Å². The van der Waals surface area contributed by atoms with Crippen LogP contribution in [0.2, 0.25) is 0 Å². The standard InChI is InChI=1S/C18H13FN2O3/c1-10-14(6-11-2-3-12(19)7-15(11)20-10)18(22)21-13-4-5-16-17(8-13)24-9-23-16/h2-8H,9H2,1H3,(H,21,22). The number of anilines is 1. The highest BCUT2D eigenvalue weighted by Crippen LogP contribution is 2.34. The molecule has 1 aliphatic heterocycles. The molecule has 0 unspecified atom stereocenters. The summed E-state index contributed by atoms with van der Waals surface area (Å²) >= 11 is 0. The average Bonchev–Trinajstić information content (AvgIpc) is 3.01. The minimum absolute atomic E-state index is 0.178. The minimum Gasteiger partial charge on any atom is -0.454 e. The number of pyridine rings is 1. The molecule has 0 saturated carbocycles. The summed E-state index contributed by atoms with van der Waals surface area (Å²) in [6.07, 6.45) is 0. The van der Waals surface area contributed by atoms with Crippen molar-refractivity contribution >= 4 is 22.5 Å². The fraction of sp³-hybridized carbons (Fsp3) is 0.111. The SMILES string of the molecule is Cc1nc2cc(F)ccc2cc1C(=O)Nc1ccc2c(c1)OCO2. The third kappa shape index (κ3) is 2.52. The topological polar surface area (TPSA) is 60.5 Å². The van der Waals surface area contributed by atoms with Gasteiger partial charge in [0.25, 0.3) is 5.91 Å². The van der Waals surface area contributed by atoms with Crippen LogP contribution in [0, 0.1) is 12.7 Å². The summed E-state index contributed by atoms with van der Waals surface area (Å²) in [5, 5.41) is 3.52. The molecular formula is C18H13FN2O3. The Morgan fingerprint density at radius 2 is 1.96 bits per heavy atom. The van der Waals surface area contributed by atoms with Crippen molar-refractivity contribution in [1.82, 2.24) is 4.98 Å². The van der Waals surface area contributed by atoms with Crippen molar-refractivity contribution in [3.05, 3.63) is 59.5 Å². The molecule has 24 heavy (non-hydrogen) atoms. The van der Waals surface area contributed by atoms with Gasteiger partial charge in [-0.05, 0) is 37.3 Å². The Labute approximate surface area is 137 Å². The van der Waals surface area contributed by atoms with E-state index < -0.39 is 0 Å². The molecule has 0 aliphatic carbocycles. The number of amides is 1. The second kappa shape index (κ2) is 5.49. The van der Waals surface area contributed by atoms with Crippen molar-refractivity contribution in [2.45, 2.75) is 6.92 Å². The van der Waals surface area contributed by atoms with E-state index in [4.69, 9.17) is 9.47 Å².